The summed E-state index contributed by atoms with van der Waals surface area (Å²) in [6.45, 7) is -1.69. The van der Waals surface area contributed by atoms with Crippen molar-refractivity contribution in [3.63, 3.8) is 0 Å². The highest BCUT2D eigenvalue weighted by molar-refractivity contribution is 9.10. The molecule has 0 unspecified atom stereocenters. The molecule has 1 aromatic carbocycles. The van der Waals surface area contributed by atoms with Crippen LogP contribution in [0.1, 0.15) is 0 Å². The number of rotatable bonds is 5. The third kappa shape index (κ3) is 3.34. The van der Waals surface area contributed by atoms with Crippen LogP contribution in [0, 0.1) is 0 Å². The van der Waals surface area contributed by atoms with Gasteiger partial charge in [-0.25, -0.2) is 8.78 Å². The number of methoxy groups -OCH3 is 1. The van der Waals surface area contributed by atoms with Gasteiger partial charge in [-0.3, -0.25) is 0 Å². The summed E-state index contributed by atoms with van der Waals surface area (Å²) < 4.78 is 35.1. The van der Waals surface area contributed by atoms with Crippen LogP contribution in [0.5, 0.6) is 11.5 Å². The maximum Gasteiger partial charge on any atom is 0.155 e. The molecule has 0 aliphatic carbocycles. The zero-order valence-electron chi connectivity index (χ0n) is 8.17. The van der Waals surface area contributed by atoms with Crippen molar-refractivity contribution in [1.29, 1.82) is 0 Å². The molecule has 0 aliphatic heterocycles. The first-order valence-electron chi connectivity index (χ1n) is 4.33. The van der Waals surface area contributed by atoms with Gasteiger partial charge in [0.05, 0.1) is 11.6 Å². The molecule has 0 atom stereocenters. The molecule has 5 heteroatoms. The summed E-state index contributed by atoms with van der Waals surface area (Å²) in [6.07, 6.45) is -1.04. The van der Waals surface area contributed by atoms with Gasteiger partial charge in [0.1, 0.15) is 24.8 Å². The summed E-state index contributed by atoms with van der Waals surface area (Å²) in [7, 11) is 1.53. The first-order chi connectivity index (χ1) is 7.21. The number of ether oxygens (including phenoxy) is 2. The largest absolute Gasteiger partial charge is 0.496 e. The Kier molecular flexibility index (Phi) is 4.81. The van der Waals surface area contributed by atoms with E-state index < -0.39 is 19.5 Å². The molecule has 0 aliphatic rings. The molecule has 0 radical (unpaired) electrons. The summed E-state index contributed by atoms with van der Waals surface area (Å²) in [6, 6.07) is 4.87. The summed E-state index contributed by atoms with van der Waals surface area (Å²) in [5, 5.41) is 0. The van der Waals surface area contributed by atoms with Crippen molar-refractivity contribution in [2.45, 2.75) is 6.10 Å². The van der Waals surface area contributed by atoms with E-state index in [9.17, 15) is 8.78 Å². The maximum absolute atomic E-state index is 12.2. The van der Waals surface area contributed by atoms with Crippen molar-refractivity contribution in [3.05, 3.63) is 22.7 Å². The number of halogens is 3. The predicted molar refractivity (Wildman–Crippen MR) is 57.1 cm³/mol. The lowest BCUT2D eigenvalue weighted by Gasteiger charge is -2.13. The van der Waals surface area contributed by atoms with Crippen molar-refractivity contribution >= 4 is 15.9 Å². The van der Waals surface area contributed by atoms with E-state index in [0.29, 0.717) is 16.0 Å². The molecule has 1 aromatic rings. The third-order valence-corrected chi connectivity index (χ3v) is 2.39. The summed E-state index contributed by atoms with van der Waals surface area (Å²) in [5.41, 5.74) is 0. The average molecular weight is 281 g/mol. The number of hydrogen-bond donors (Lipinski definition) is 0. The Hall–Kier alpha value is -0.840. The molecular weight excluding hydrogens is 270 g/mol. The van der Waals surface area contributed by atoms with E-state index in [1.165, 1.54) is 7.11 Å². The molecule has 0 fully saturated rings. The molecule has 2 nitrogen and oxygen atoms in total. The first-order valence-corrected chi connectivity index (χ1v) is 5.12. The van der Waals surface area contributed by atoms with E-state index in [0.717, 1.165) is 0 Å². The third-order valence-electron chi connectivity index (χ3n) is 1.77. The average Bonchev–Trinajstić information content (AvgIpc) is 2.26. The highest BCUT2D eigenvalue weighted by Gasteiger charge is 2.10. The van der Waals surface area contributed by atoms with E-state index >= 15 is 0 Å². The highest BCUT2D eigenvalue weighted by atomic mass is 79.9. The van der Waals surface area contributed by atoms with Gasteiger partial charge in [0.15, 0.2) is 6.10 Å². The van der Waals surface area contributed by atoms with Crippen LogP contribution in [-0.4, -0.2) is 26.6 Å². The van der Waals surface area contributed by atoms with Gasteiger partial charge in [-0.2, -0.15) is 0 Å². The molecule has 0 saturated heterocycles. The Morgan fingerprint density at radius 1 is 1.33 bits per heavy atom. The lowest BCUT2D eigenvalue weighted by Crippen LogP contribution is -2.21. The predicted octanol–water partition coefficient (Wildman–Crippen LogP) is 3.14. The van der Waals surface area contributed by atoms with Gasteiger partial charge in [0, 0.05) is 0 Å². The minimum Gasteiger partial charge on any atom is -0.496 e. The van der Waals surface area contributed by atoms with E-state index in [1.54, 1.807) is 18.2 Å². The number of alkyl halides is 2. The molecule has 0 heterocycles. The Morgan fingerprint density at radius 2 is 2.00 bits per heavy atom. The van der Waals surface area contributed by atoms with Crippen molar-refractivity contribution in [2.24, 2.45) is 0 Å². The van der Waals surface area contributed by atoms with Crippen molar-refractivity contribution in [3.8, 4) is 11.5 Å². The van der Waals surface area contributed by atoms with Gasteiger partial charge < -0.3 is 9.47 Å². The monoisotopic (exact) mass is 280 g/mol. The number of hydrogen-bond acceptors (Lipinski definition) is 2. The number of benzene rings is 1. The summed E-state index contributed by atoms with van der Waals surface area (Å²) in [5.74, 6) is 1.04. The molecule has 0 aromatic heterocycles. The fourth-order valence-corrected chi connectivity index (χ4v) is 1.54. The minimum absolute atomic E-state index is 0.406. The second-order valence-corrected chi connectivity index (χ2v) is 3.70. The standard InChI is InChI=1S/C10H11BrF2O2/c1-14-10-3-2-7(4-9(10)11)15-8(5-12)6-13/h2-4,8H,5-6H2,1H3. The van der Waals surface area contributed by atoms with Crippen LogP contribution in [-0.2, 0) is 0 Å². The van der Waals surface area contributed by atoms with Crippen LogP contribution >= 0.6 is 15.9 Å². The zero-order valence-corrected chi connectivity index (χ0v) is 9.76. The van der Waals surface area contributed by atoms with E-state index in [-0.39, 0.29) is 0 Å². The molecule has 84 valence electrons. The fraction of sp³-hybridized carbons (Fsp3) is 0.400. The Morgan fingerprint density at radius 3 is 2.47 bits per heavy atom. The molecule has 0 bridgehead atoms. The van der Waals surface area contributed by atoms with Crippen molar-refractivity contribution < 1.29 is 18.3 Å². The van der Waals surface area contributed by atoms with E-state index in [2.05, 4.69) is 15.9 Å². The van der Waals surface area contributed by atoms with Crippen LogP contribution in [0.2, 0.25) is 0 Å². The zero-order chi connectivity index (χ0) is 11.3. The van der Waals surface area contributed by atoms with E-state index in [4.69, 9.17) is 9.47 Å². The topological polar surface area (TPSA) is 18.5 Å². The smallest absolute Gasteiger partial charge is 0.155 e. The van der Waals surface area contributed by atoms with Crippen LogP contribution < -0.4 is 9.47 Å². The Balaban J connectivity index is 2.74. The first kappa shape index (κ1) is 12.2. The Labute approximate surface area is 95.3 Å². The molecule has 0 N–H and O–H groups in total. The lowest BCUT2D eigenvalue weighted by atomic mass is 10.3. The van der Waals surface area contributed by atoms with Crippen LogP contribution in [0.25, 0.3) is 0 Å². The molecule has 0 amide bonds. The van der Waals surface area contributed by atoms with Crippen LogP contribution in [0.4, 0.5) is 8.78 Å². The highest BCUT2D eigenvalue weighted by Crippen LogP contribution is 2.29. The van der Waals surface area contributed by atoms with Crippen LogP contribution in [0.3, 0.4) is 0 Å². The molecular formula is C10H11BrF2O2. The second-order valence-electron chi connectivity index (χ2n) is 2.84. The van der Waals surface area contributed by atoms with Gasteiger partial charge >= 0.3 is 0 Å². The van der Waals surface area contributed by atoms with Gasteiger partial charge in [-0.05, 0) is 34.1 Å². The van der Waals surface area contributed by atoms with Gasteiger partial charge in [0.2, 0.25) is 0 Å². The van der Waals surface area contributed by atoms with Gasteiger partial charge in [-0.1, -0.05) is 0 Å². The summed E-state index contributed by atoms with van der Waals surface area (Å²) in [4.78, 5) is 0. The molecule has 15 heavy (non-hydrogen) atoms. The second kappa shape index (κ2) is 5.90. The maximum atomic E-state index is 12.2. The molecule has 0 saturated carbocycles. The fourth-order valence-electron chi connectivity index (χ4n) is 1.02. The molecule has 0 spiro atoms. The summed E-state index contributed by atoms with van der Waals surface area (Å²) >= 11 is 3.25. The molecule has 1 rings (SSSR count). The normalized spacial score (nSPS) is 10.5. The van der Waals surface area contributed by atoms with Gasteiger partial charge in [0.25, 0.3) is 0 Å². The van der Waals surface area contributed by atoms with E-state index in [1.807, 2.05) is 0 Å². The van der Waals surface area contributed by atoms with Crippen molar-refractivity contribution in [2.75, 3.05) is 20.5 Å². The van der Waals surface area contributed by atoms with Crippen molar-refractivity contribution in [1.82, 2.24) is 0 Å². The van der Waals surface area contributed by atoms with Gasteiger partial charge in [-0.15, -0.1) is 0 Å². The SMILES string of the molecule is COc1ccc(OC(CF)CF)cc1Br. The van der Waals surface area contributed by atoms with Crippen LogP contribution in [0.15, 0.2) is 22.7 Å². The minimum atomic E-state index is -1.04. The lowest BCUT2D eigenvalue weighted by molar-refractivity contribution is 0.133. The quantitative estimate of drug-likeness (QED) is 0.825. The Bertz CT molecular complexity index is 316.